The number of amides is 3. The van der Waals surface area contributed by atoms with Gasteiger partial charge in [-0.05, 0) is 27.2 Å². The summed E-state index contributed by atoms with van der Waals surface area (Å²) in [6.45, 7) is 7.98. The molecule has 1 rings (SSSR count). The minimum atomic E-state index is -1.16. The highest BCUT2D eigenvalue weighted by molar-refractivity contribution is 5.95. The Hall–Kier alpha value is -2.28. The van der Waals surface area contributed by atoms with Crippen LogP contribution in [0.4, 0.5) is 0 Å². The monoisotopic (exact) mass is 474 g/mol. The number of ether oxygens (including phenoxy) is 4. The van der Waals surface area contributed by atoms with Crippen LogP contribution in [0.15, 0.2) is 0 Å². The van der Waals surface area contributed by atoms with Gasteiger partial charge >= 0.3 is 5.97 Å². The Labute approximate surface area is 194 Å². The second kappa shape index (κ2) is 14.8. The average molecular weight is 475 g/mol. The summed E-state index contributed by atoms with van der Waals surface area (Å²) < 4.78 is 21.1. The Kier molecular flexibility index (Phi) is 12.9. The lowest BCUT2D eigenvalue weighted by Crippen LogP contribution is -2.62. The van der Waals surface area contributed by atoms with Crippen molar-refractivity contribution in [1.29, 1.82) is 0 Å². The van der Waals surface area contributed by atoms with E-state index in [1.54, 1.807) is 20.8 Å². The second-order valence-electron chi connectivity index (χ2n) is 8.52. The van der Waals surface area contributed by atoms with Crippen LogP contribution in [0.25, 0.3) is 0 Å². The number of rotatable bonds is 16. The SMILES string of the molecule is CC(C)(C)OC(=O)CC(NC(=O)CCOCCOCCOCCN)C(=O)N1CCC1C(N)=O. The van der Waals surface area contributed by atoms with Crippen LogP contribution in [0.2, 0.25) is 0 Å². The molecule has 5 N–H and O–H groups in total. The van der Waals surface area contributed by atoms with Crippen LogP contribution < -0.4 is 16.8 Å². The molecule has 0 aliphatic carbocycles. The number of primary amides is 1. The number of esters is 1. The highest BCUT2D eigenvalue weighted by atomic mass is 16.6. The van der Waals surface area contributed by atoms with Gasteiger partial charge in [-0.2, -0.15) is 0 Å². The number of carbonyl (C=O) groups is 4. The summed E-state index contributed by atoms with van der Waals surface area (Å²) in [5, 5.41) is 2.55. The standard InChI is InChI=1S/C21H38N4O8/c1-21(2,3)33-18(27)14-15(20(29)25-7-4-16(25)19(23)28)24-17(26)5-8-30-10-12-32-13-11-31-9-6-22/h15-16H,4-14,22H2,1-3H3,(H2,23,28)(H,24,26). The Bertz CT molecular complexity index is 653. The van der Waals surface area contributed by atoms with E-state index in [-0.39, 0.29) is 19.4 Å². The topological polar surface area (TPSA) is 173 Å². The molecule has 12 nitrogen and oxygen atoms in total. The largest absolute Gasteiger partial charge is 0.460 e. The van der Waals surface area contributed by atoms with Crippen molar-refractivity contribution < 1.29 is 38.1 Å². The highest BCUT2D eigenvalue weighted by Crippen LogP contribution is 2.19. The van der Waals surface area contributed by atoms with E-state index in [1.165, 1.54) is 4.90 Å². The van der Waals surface area contributed by atoms with E-state index in [2.05, 4.69) is 5.32 Å². The van der Waals surface area contributed by atoms with Gasteiger partial charge in [0.1, 0.15) is 17.7 Å². The number of hydrogen-bond donors (Lipinski definition) is 3. The van der Waals surface area contributed by atoms with E-state index >= 15 is 0 Å². The smallest absolute Gasteiger partial charge is 0.308 e. The first-order chi connectivity index (χ1) is 15.5. The minimum Gasteiger partial charge on any atom is -0.460 e. The maximum Gasteiger partial charge on any atom is 0.308 e. The summed E-state index contributed by atoms with van der Waals surface area (Å²) in [4.78, 5) is 50.2. The van der Waals surface area contributed by atoms with Crippen molar-refractivity contribution in [2.75, 3.05) is 52.7 Å². The molecule has 2 unspecified atom stereocenters. The predicted molar refractivity (Wildman–Crippen MR) is 118 cm³/mol. The summed E-state index contributed by atoms with van der Waals surface area (Å²) in [6.07, 6.45) is 0.0743. The number of carbonyl (C=O) groups excluding carboxylic acids is 4. The lowest BCUT2D eigenvalue weighted by Gasteiger charge is -2.40. The highest BCUT2D eigenvalue weighted by Gasteiger charge is 2.40. The maximum atomic E-state index is 12.9. The summed E-state index contributed by atoms with van der Waals surface area (Å²) in [6, 6.07) is -1.90. The molecule has 0 aromatic rings. The summed E-state index contributed by atoms with van der Waals surface area (Å²) in [5.41, 5.74) is 9.87. The van der Waals surface area contributed by atoms with Crippen LogP contribution in [0.3, 0.4) is 0 Å². The molecule has 1 fully saturated rings. The quantitative estimate of drug-likeness (QED) is 0.181. The van der Waals surface area contributed by atoms with Crippen LogP contribution in [0.5, 0.6) is 0 Å². The van der Waals surface area contributed by atoms with Gasteiger partial charge in [-0.1, -0.05) is 0 Å². The van der Waals surface area contributed by atoms with Crippen molar-refractivity contribution >= 4 is 23.7 Å². The average Bonchev–Trinajstić information content (AvgIpc) is 2.66. The Morgan fingerprint density at radius 1 is 1.00 bits per heavy atom. The van der Waals surface area contributed by atoms with Crippen LogP contribution in [0, 0.1) is 0 Å². The lowest BCUT2D eigenvalue weighted by atomic mass is 9.99. The first-order valence-electron chi connectivity index (χ1n) is 11.1. The van der Waals surface area contributed by atoms with E-state index < -0.39 is 41.4 Å². The number of nitrogens with two attached hydrogens (primary N) is 2. The molecule has 190 valence electrons. The van der Waals surface area contributed by atoms with Crippen molar-refractivity contribution in [1.82, 2.24) is 10.2 Å². The van der Waals surface area contributed by atoms with Crippen molar-refractivity contribution in [2.24, 2.45) is 11.5 Å². The molecule has 1 saturated heterocycles. The van der Waals surface area contributed by atoms with Crippen LogP contribution >= 0.6 is 0 Å². The molecular weight excluding hydrogens is 436 g/mol. The summed E-state index contributed by atoms with van der Waals surface area (Å²) in [5.74, 6) is -2.28. The first kappa shape index (κ1) is 28.8. The predicted octanol–water partition coefficient (Wildman–Crippen LogP) is -1.31. The fourth-order valence-corrected chi connectivity index (χ4v) is 2.95. The van der Waals surface area contributed by atoms with Gasteiger partial charge in [-0.15, -0.1) is 0 Å². The van der Waals surface area contributed by atoms with Gasteiger partial charge < -0.3 is 40.6 Å². The Morgan fingerprint density at radius 3 is 2.06 bits per heavy atom. The van der Waals surface area contributed by atoms with Gasteiger partial charge in [0.15, 0.2) is 0 Å². The molecule has 0 saturated carbocycles. The van der Waals surface area contributed by atoms with Gasteiger partial charge in [0, 0.05) is 19.5 Å². The molecule has 1 heterocycles. The van der Waals surface area contributed by atoms with Crippen molar-refractivity contribution in [3.05, 3.63) is 0 Å². The van der Waals surface area contributed by atoms with Gasteiger partial charge in [-0.25, -0.2) is 0 Å². The maximum absolute atomic E-state index is 12.9. The number of hydrogen-bond acceptors (Lipinski definition) is 9. The van der Waals surface area contributed by atoms with Gasteiger partial charge in [0.2, 0.25) is 17.7 Å². The molecule has 1 aliphatic rings. The van der Waals surface area contributed by atoms with E-state index in [4.69, 9.17) is 30.4 Å². The summed E-state index contributed by atoms with van der Waals surface area (Å²) >= 11 is 0. The van der Waals surface area contributed by atoms with Crippen molar-refractivity contribution in [3.63, 3.8) is 0 Å². The molecule has 0 aromatic heterocycles. The molecule has 0 bridgehead atoms. The fourth-order valence-electron chi connectivity index (χ4n) is 2.95. The number of likely N-dealkylation sites (tertiary alicyclic amines) is 1. The Balaban J connectivity index is 2.45. The van der Waals surface area contributed by atoms with Crippen LogP contribution in [0.1, 0.15) is 40.0 Å². The third-order valence-electron chi connectivity index (χ3n) is 4.53. The molecule has 0 radical (unpaired) electrons. The van der Waals surface area contributed by atoms with E-state index in [9.17, 15) is 19.2 Å². The molecule has 12 heteroatoms. The van der Waals surface area contributed by atoms with Crippen molar-refractivity contribution in [3.8, 4) is 0 Å². The van der Waals surface area contributed by atoms with Crippen LogP contribution in [-0.4, -0.2) is 99.0 Å². The van der Waals surface area contributed by atoms with Crippen LogP contribution in [-0.2, 0) is 38.1 Å². The van der Waals surface area contributed by atoms with E-state index in [0.29, 0.717) is 52.5 Å². The number of nitrogens with zero attached hydrogens (tertiary/aromatic N) is 1. The molecule has 0 spiro atoms. The van der Waals surface area contributed by atoms with E-state index in [1.807, 2.05) is 0 Å². The molecule has 33 heavy (non-hydrogen) atoms. The molecule has 3 amide bonds. The van der Waals surface area contributed by atoms with Crippen molar-refractivity contribution in [2.45, 2.75) is 57.7 Å². The normalized spacial score (nSPS) is 16.6. The minimum absolute atomic E-state index is 0.0169. The summed E-state index contributed by atoms with van der Waals surface area (Å²) in [7, 11) is 0. The molecular formula is C21H38N4O8. The second-order valence-corrected chi connectivity index (χ2v) is 8.52. The zero-order valence-corrected chi connectivity index (χ0v) is 19.8. The zero-order valence-electron chi connectivity index (χ0n) is 19.8. The first-order valence-corrected chi connectivity index (χ1v) is 11.1. The number of nitrogens with one attached hydrogen (secondary N) is 1. The van der Waals surface area contributed by atoms with E-state index in [0.717, 1.165) is 0 Å². The van der Waals surface area contributed by atoms with Gasteiger partial charge in [0.25, 0.3) is 0 Å². The lowest BCUT2D eigenvalue weighted by molar-refractivity contribution is -0.159. The fraction of sp³-hybridized carbons (Fsp3) is 0.810. The van der Waals surface area contributed by atoms with Gasteiger partial charge in [-0.3, -0.25) is 19.2 Å². The third kappa shape index (κ3) is 11.9. The Morgan fingerprint density at radius 2 is 1.58 bits per heavy atom. The zero-order chi connectivity index (χ0) is 24.9. The van der Waals surface area contributed by atoms with Gasteiger partial charge in [0.05, 0.1) is 46.1 Å². The molecule has 1 aliphatic heterocycles. The third-order valence-corrected chi connectivity index (χ3v) is 4.53. The molecule has 0 aromatic carbocycles. The molecule has 2 atom stereocenters.